The van der Waals surface area contributed by atoms with E-state index in [0.717, 1.165) is 18.4 Å². The van der Waals surface area contributed by atoms with Crippen LogP contribution in [0, 0.1) is 0 Å². The smallest absolute Gasteiger partial charge is 0.236 e. The van der Waals surface area contributed by atoms with E-state index in [-0.39, 0.29) is 24.2 Å². The number of hydrogen-bond acceptors (Lipinski definition) is 5. The predicted molar refractivity (Wildman–Crippen MR) is 97.1 cm³/mol. The van der Waals surface area contributed by atoms with Gasteiger partial charge in [-0.2, -0.15) is 4.31 Å². The van der Waals surface area contributed by atoms with Crippen LogP contribution in [0.5, 0.6) is 0 Å². The van der Waals surface area contributed by atoms with E-state index >= 15 is 0 Å². The van der Waals surface area contributed by atoms with Crippen molar-refractivity contribution in [1.82, 2.24) is 4.31 Å². The lowest BCUT2D eigenvalue weighted by molar-refractivity contribution is 0.0880. The van der Waals surface area contributed by atoms with Crippen LogP contribution in [-0.2, 0) is 24.6 Å². The fourth-order valence-electron chi connectivity index (χ4n) is 3.26. The molecule has 2 heterocycles. The zero-order chi connectivity index (χ0) is 17.9. The van der Waals surface area contributed by atoms with Crippen LogP contribution in [0.15, 0.2) is 35.7 Å². The van der Waals surface area contributed by atoms with Gasteiger partial charge in [0.2, 0.25) is 10.0 Å². The molecule has 0 bridgehead atoms. The minimum absolute atomic E-state index is 0.0393. The van der Waals surface area contributed by atoms with E-state index in [1.807, 2.05) is 30.3 Å². The van der Waals surface area contributed by atoms with E-state index in [1.165, 1.54) is 9.71 Å². The van der Waals surface area contributed by atoms with Crippen LogP contribution in [0.1, 0.15) is 24.8 Å². The quantitative estimate of drug-likeness (QED) is 0.744. The van der Waals surface area contributed by atoms with Gasteiger partial charge in [0.05, 0.1) is 17.6 Å². The van der Waals surface area contributed by atoms with E-state index in [4.69, 9.17) is 4.74 Å². The molecule has 8 heteroatoms. The molecule has 0 saturated carbocycles. The molecule has 0 amide bonds. The van der Waals surface area contributed by atoms with Crippen molar-refractivity contribution in [1.29, 1.82) is 0 Å². The molecule has 6 nitrogen and oxygen atoms in total. The van der Waals surface area contributed by atoms with Crippen molar-refractivity contribution in [2.24, 2.45) is 0 Å². The van der Waals surface area contributed by atoms with Gasteiger partial charge < -0.3 is 4.74 Å². The van der Waals surface area contributed by atoms with Crippen molar-refractivity contribution < 1.29 is 21.6 Å². The van der Waals surface area contributed by atoms with Crippen molar-refractivity contribution >= 4 is 25.9 Å². The Morgan fingerprint density at radius 2 is 1.96 bits per heavy atom. The standard InChI is InChI=1S/C17H23NO5S2/c19-24(20)11-9-16(14-24)18(13-17-7-4-10-23-17)25(21,22)12-8-15-5-2-1-3-6-15/h1-3,5-6,8,12,16-17H,4,7,9-11,13-14H2. The Morgan fingerprint density at radius 3 is 2.56 bits per heavy atom. The number of ether oxygens (including phenoxy) is 1. The van der Waals surface area contributed by atoms with Crippen molar-refractivity contribution in [3.63, 3.8) is 0 Å². The van der Waals surface area contributed by atoms with Gasteiger partial charge in [-0.05, 0) is 30.9 Å². The molecule has 2 aliphatic heterocycles. The molecule has 0 N–H and O–H groups in total. The largest absolute Gasteiger partial charge is 0.377 e. The van der Waals surface area contributed by atoms with E-state index in [1.54, 1.807) is 6.08 Å². The summed E-state index contributed by atoms with van der Waals surface area (Å²) in [6, 6.07) is 8.64. The lowest BCUT2D eigenvalue weighted by atomic mass is 10.2. The molecule has 2 saturated heterocycles. The molecule has 2 fully saturated rings. The minimum atomic E-state index is -3.73. The van der Waals surface area contributed by atoms with Crippen LogP contribution < -0.4 is 0 Å². The summed E-state index contributed by atoms with van der Waals surface area (Å²) in [5.74, 6) is -0.0737. The van der Waals surface area contributed by atoms with Gasteiger partial charge in [0.15, 0.2) is 9.84 Å². The molecule has 0 aliphatic carbocycles. The highest BCUT2D eigenvalue weighted by atomic mass is 32.2. The number of sulfone groups is 1. The second kappa shape index (κ2) is 7.57. The molecule has 3 rings (SSSR count). The number of hydrogen-bond donors (Lipinski definition) is 0. The monoisotopic (exact) mass is 385 g/mol. The van der Waals surface area contributed by atoms with Gasteiger partial charge in [-0.25, -0.2) is 16.8 Å². The molecular weight excluding hydrogens is 362 g/mol. The maximum atomic E-state index is 12.9. The van der Waals surface area contributed by atoms with E-state index < -0.39 is 25.9 Å². The summed E-state index contributed by atoms with van der Waals surface area (Å²) < 4.78 is 56.3. The summed E-state index contributed by atoms with van der Waals surface area (Å²) in [6.45, 7) is 0.836. The highest BCUT2D eigenvalue weighted by molar-refractivity contribution is 7.93. The summed E-state index contributed by atoms with van der Waals surface area (Å²) in [6.07, 6.45) is 3.42. The molecule has 2 aliphatic rings. The molecule has 0 aromatic heterocycles. The van der Waals surface area contributed by atoms with E-state index in [0.29, 0.717) is 13.0 Å². The maximum absolute atomic E-state index is 12.9. The highest BCUT2D eigenvalue weighted by Gasteiger charge is 2.38. The van der Waals surface area contributed by atoms with Gasteiger partial charge in [-0.15, -0.1) is 0 Å². The molecule has 1 aromatic rings. The summed E-state index contributed by atoms with van der Waals surface area (Å²) in [5, 5.41) is 1.17. The van der Waals surface area contributed by atoms with Crippen LogP contribution in [0.25, 0.3) is 6.08 Å². The zero-order valence-corrected chi connectivity index (χ0v) is 15.6. The summed E-state index contributed by atoms with van der Waals surface area (Å²) in [7, 11) is -6.91. The number of nitrogens with zero attached hydrogens (tertiary/aromatic N) is 1. The average Bonchev–Trinajstić information content (AvgIpc) is 3.21. The van der Waals surface area contributed by atoms with Crippen LogP contribution >= 0.6 is 0 Å². The summed E-state index contributed by atoms with van der Waals surface area (Å²) in [5.41, 5.74) is 0.780. The first-order valence-corrected chi connectivity index (χ1v) is 11.8. The molecule has 0 spiro atoms. The van der Waals surface area contributed by atoms with Crippen molar-refractivity contribution in [2.75, 3.05) is 24.7 Å². The first-order chi connectivity index (χ1) is 11.9. The predicted octanol–water partition coefficient (Wildman–Crippen LogP) is 1.66. The Hall–Kier alpha value is -1.22. The van der Waals surface area contributed by atoms with Crippen molar-refractivity contribution in [2.45, 2.75) is 31.4 Å². The van der Waals surface area contributed by atoms with Crippen LogP contribution in [0.2, 0.25) is 0 Å². The van der Waals surface area contributed by atoms with E-state index in [9.17, 15) is 16.8 Å². The topological polar surface area (TPSA) is 80.8 Å². The number of rotatable bonds is 6. The van der Waals surface area contributed by atoms with Crippen LogP contribution in [0.3, 0.4) is 0 Å². The third kappa shape index (κ3) is 4.91. The highest BCUT2D eigenvalue weighted by Crippen LogP contribution is 2.25. The lowest BCUT2D eigenvalue weighted by Crippen LogP contribution is -2.44. The summed E-state index contributed by atoms with van der Waals surface area (Å²) in [4.78, 5) is 0. The van der Waals surface area contributed by atoms with Crippen LogP contribution in [0.4, 0.5) is 0 Å². The maximum Gasteiger partial charge on any atom is 0.236 e. The average molecular weight is 386 g/mol. The zero-order valence-electron chi connectivity index (χ0n) is 14.0. The fraction of sp³-hybridized carbons (Fsp3) is 0.529. The van der Waals surface area contributed by atoms with Gasteiger partial charge >= 0.3 is 0 Å². The van der Waals surface area contributed by atoms with E-state index in [2.05, 4.69) is 0 Å². The van der Waals surface area contributed by atoms with Gasteiger partial charge in [0, 0.05) is 24.6 Å². The fourth-order valence-corrected chi connectivity index (χ4v) is 6.54. The third-order valence-corrected chi connectivity index (χ3v) is 7.91. The minimum Gasteiger partial charge on any atom is -0.377 e. The second-order valence-corrected chi connectivity index (χ2v) is 10.5. The van der Waals surface area contributed by atoms with Crippen LogP contribution in [-0.4, -0.2) is 57.9 Å². The van der Waals surface area contributed by atoms with Gasteiger partial charge in [0.25, 0.3) is 0 Å². The molecule has 2 atom stereocenters. The third-order valence-electron chi connectivity index (χ3n) is 4.58. The Labute approximate surface area is 149 Å². The Kier molecular flexibility index (Phi) is 5.62. The molecule has 0 radical (unpaired) electrons. The van der Waals surface area contributed by atoms with Gasteiger partial charge in [-0.3, -0.25) is 0 Å². The normalized spacial score (nSPS) is 26.6. The Morgan fingerprint density at radius 1 is 1.20 bits per heavy atom. The molecule has 1 aromatic carbocycles. The number of sulfonamides is 1. The summed E-state index contributed by atoms with van der Waals surface area (Å²) >= 11 is 0. The van der Waals surface area contributed by atoms with Crippen molar-refractivity contribution in [3.8, 4) is 0 Å². The Balaban J connectivity index is 1.82. The van der Waals surface area contributed by atoms with Gasteiger partial charge in [0.1, 0.15) is 0 Å². The van der Waals surface area contributed by atoms with Gasteiger partial charge in [-0.1, -0.05) is 30.3 Å². The Bertz CT molecular complexity index is 812. The SMILES string of the molecule is O=S1(=O)CCC(N(CC2CCCO2)S(=O)(=O)C=Cc2ccccc2)C1. The number of benzene rings is 1. The molecule has 138 valence electrons. The first-order valence-electron chi connectivity index (χ1n) is 8.43. The first kappa shape index (κ1) is 18.6. The second-order valence-electron chi connectivity index (χ2n) is 6.52. The van der Waals surface area contributed by atoms with Crippen molar-refractivity contribution in [3.05, 3.63) is 41.3 Å². The molecule has 2 unspecified atom stereocenters. The molecular formula is C17H23NO5S2. The lowest BCUT2D eigenvalue weighted by Gasteiger charge is -2.28. The molecule has 25 heavy (non-hydrogen) atoms.